The summed E-state index contributed by atoms with van der Waals surface area (Å²) in [5.74, 6) is -0.389. The van der Waals surface area contributed by atoms with Crippen molar-refractivity contribution in [3.8, 4) is 0 Å². The highest BCUT2D eigenvalue weighted by Crippen LogP contribution is 2.31. The number of rotatable bonds is 5. The summed E-state index contributed by atoms with van der Waals surface area (Å²) in [7, 11) is -3.77. The third-order valence-corrected chi connectivity index (χ3v) is 7.26. The average molecular weight is 428 g/mol. The zero-order valence-electron chi connectivity index (χ0n) is 15.9. The van der Waals surface area contributed by atoms with E-state index in [1.165, 1.54) is 29.0 Å². The van der Waals surface area contributed by atoms with E-state index in [1.54, 1.807) is 12.1 Å². The molecule has 0 radical (unpaired) electrons. The Morgan fingerprint density at radius 2 is 2.00 bits per heavy atom. The normalized spacial score (nSPS) is 16.2. The number of amides is 1. The second kappa shape index (κ2) is 8.06. The first-order valence-corrected chi connectivity index (χ1v) is 11.7. The topological polar surface area (TPSA) is 88.2 Å². The van der Waals surface area contributed by atoms with Gasteiger partial charge in [-0.1, -0.05) is 30.3 Å². The summed E-state index contributed by atoms with van der Waals surface area (Å²) < 4.78 is 28.8. The average Bonchev–Trinajstić information content (AvgIpc) is 3.13. The van der Waals surface area contributed by atoms with Crippen molar-refractivity contribution in [2.24, 2.45) is 0 Å². The maximum absolute atomic E-state index is 13.0. The number of nitrogens with zero attached hydrogens (tertiary/aromatic N) is 1. The van der Waals surface area contributed by atoms with Crippen LogP contribution < -0.4 is 10.0 Å². The van der Waals surface area contributed by atoms with Crippen molar-refractivity contribution < 1.29 is 13.2 Å². The Labute approximate surface area is 174 Å². The van der Waals surface area contributed by atoms with Crippen molar-refractivity contribution in [1.82, 2.24) is 9.71 Å². The van der Waals surface area contributed by atoms with Gasteiger partial charge < -0.3 is 0 Å². The number of benzene rings is 2. The maximum atomic E-state index is 13.0. The summed E-state index contributed by atoms with van der Waals surface area (Å²) in [6.07, 6.45) is 2.64. The number of nitrogens with one attached hydrogen (secondary N) is 2. The lowest BCUT2D eigenvalue weighted by atomic mass is 9.88. The van der Waals surface area contributed by atoms with Gasteiger partial charge >= 0.3 is 0 Å². The number of anilines is 1. The Morgan fingerprint density at radius 1 is 1.17 bits per heavy atom. The molecule has 0 bridgehead atoms. The number of fused-ring (bicyclic) bond motifs is 1. The van der Waals surface area contributed by atoms with Gasteiger partial charge in [0.2, 0.25) is 10.0 Å². The molecule has 1 aliphatic carbocycles. The molecule has 1 aliphatic rings. The minimum atomic E-state index is -3.77. The number of carbonyl (C=O) groups is 1. The van der Waals surface area contributed by atoms with Crippen LogP contribution in [0.25, 0.3) is 0 Å². The summed E-state index contributed by atoms with van der Waals surface area (Å²) in [5, 5.41) is 5.03. The second-order valence-electron chi connectivity index (χ2n) is 7.04. The third-order valence-electron chi connectivity index (χ3n) is 4.91. The molecular formula is C21H21N3O3S2. The predicted molar refractivity (Wildman–Crippen MR) is 114 cm³/mol. The van der Waals surface area contributed by atoms with E-state index in [4.69, 9.17) is 0 Å². The Hall–Kier alpha value is -2.55. The van der Waals surface area contributed by atoms with Crippen molar-refractivity contribution in [1.29, 1.82) is 0 Å². The van der Waals surface area contributed by atoms with Gasteiger partial charge in [-0.25, -0.2) is 18.1 Å². The van der Waals surface area contributed by atoms with Gasteiger partial charge in [0.15, 0.2) is 5.13 Å². The number of thiazole rings is 1. The molecule has 0 saturated carbocycles. The molecule has 29 heavy (non-hydrogen) atoms. The molecule has 0 aliphatic heterocycles. The number of aryl methyl sites for hydroxylation is 2. The van der Waals surface area contributed by atoms with Crippen molar-refractivity contribution in [2.75, 3.05) is 5.32 Å². The Balaban J connectivity index is 1.55. The van der Waals surface area contributed by atoms with Crippen LogP contribution in [0, 0.1) is 6.92 Å². The summed E-state index contributed by atoms with van der Waals surface area (Å²) in [6.45, 7) is 1.84. The van der Waals surface area contributed by atoms with Crippen LogP contribution in [0.1, 0.15) is 46.1 Å². The van der Waals surface area contributed by atoms with Crippen LogP contribution in [0.2, 0.25) is 0 Å². The number of hydrogen-bond donors (Lipinski definition) is 2. The van der Waals surface area contributed by atoms with Crippen LogP contribution >= 0.6 is 11.3 Å². The van der Waals surface area contributed by atoms with Gasteiger partial charge in [-0.05, 0) is 55.5 Å². The van der Waals surface area contributed by atoms with Crippen LogP contribution in [-0.2, 0) is 16.4 Å². The van der Waals surface area contributed by atoms with E-state index < -0.39 is 10.0 Å². The van der Waals surface area contributed by atoms with Gasteiger partial charge in [0, 0.05) is 17.0 Å². The first-order chi connectivity index (χ1) is 13.9. The van der Waals surface area contributed by atoms with E-state index in [2.05, 4.69) is 15.0 Å². The van der Waals surface area contributed by atoms with E-state index in [0.29, 0.717) is 5.13 Å². The lowest BCUT2D eigenvalue weighted by Gasteiger charge is -2.26. The number of sulfonamides is 1. The molecule has 0 fully saturated rings. The summed E-state index contributed by atoms with van der Waals surface area (Å²) in [6, 6.07) is 13.7. The molecule has 1 unspecified atom stereocenters. The van der Waals surface area contributed by atoms with Gasteiger partial charge in [0.25, 0.3) is 5.91 Å². The minimum Gasteiger partial charge on any atom is -0.298 e. The highest BCUT2D eigenvalue weighted by molar-refractivity contribution is 7.89. The smallest absolute Gasteiger partial charge is 0.257 e. The predicted octanol–water partition coefficient (Wildman–Crippen LogP) is 4.06. The largest absolute Gasteiger partial charge is 0.298 e. The molecule has 1 heterocycles. The molecule has 0 saturated heterocycles. The van der Waals surface area contributed by atoms with E-state index in [0.717, 1.165) is 30.5 Å². The number of aromatic nitrogens is 1. The van der Waals surface area contributed by atoms with E-state index in [-0.39, 0.29) is 22.4 Å². The molecule has 1 aromatic heterocycles. The Bertz CT molecular complexity index is 1160. The zero-order valence-corrected chi connectivity index (χ0v) is 17.5. The fraction of sp³-hybridized carbons (Fsp3) is 0.238. The monoisotopic (exact) mass is 427 g/mol. The summed E-state index contributed by atoms with van der Waals surface area (Å²) in [5.41, 5.74) is 3.29. The van der Waals surface area contributed by atoms with E-state index in [1.807, 2.05) is 36.6 Å². The van der Waals surface area contributed by atoms with Crippen LogP contribution in [0.3, 0.4) is 0 Å². The molecule has 1 atom stereocenters. The highest BCUT2D eigenvalue weighted by atomic mass is 32.2. The SMILES string of the molecule is Cc1csc(NC(=O)c2cccc(S(=O)(=O)NC3CCCc4ccccc43)c2)n1. The van der Waals surface area contributed by atoms with Crippen molar-refractivity contribution in [3.63, 3.8) is 0 Å². The van der Waals surface area contributed by atoms with Gasteiger partial charge in [-0.3, -0.25) is 10.1 Å². The standard InChI is InChI=1S/C21H21N3O3S2/c1-14-13-28-21(22-14)23-20(25)16-8-4-9-17(12-16)29(26,27)24-19-11-5-7-15-6-2-3-10-18(15)19/h2-4,6,8-10,12-13,19,24H,5,7,11H2,1H3,(H,22,23,25). The zero-order chi connectivity index (χ0) is 20.4. The number of carbonyl (C=O) groups excluding carboxylic acids is 1. The van der Waals surface area contributed by atoms with E-state index >= 15 is 0 Å². The lowest BCUT2D eigenvalue weighted by Crippen LogP contribution is -2.31. The third kappa shape index (κ3) is 4.39. The van der Waals surface area contributed by atoms with Crippen molar-refractivity contribution in [3.05, 3.63) is 76.3 Å². The molecule has 3 aromatic rings. The van der Waals surface area contributed by atoms with Crippen LogP contribution in [0.4, 0.5) is 5.13 Å². The molecule has 4 rings (SSSR count). The molecule has 1 amide bonds. The highest BCUT2D eigenvalue weighted by Gasteiger charge is 2.26. The van der Waals surface area contributed by atoms with Gasteiger partial charge in [0.1, 0.15) is 0 Å². The van der Waals surface area contributed by atoms with Crippen molar-refractivity contribution >= 4 is 32.4 Å². The van der Waals surface area contributed by atoms with E-state index in [9.17, 15) is 13.2 Å². The lowest BCUT2D eigenvalue weighted by molar-refractivity contribution is 0.102. The van der Waals surface area contributed by atoms with Crippen LogP contribution in [0.5, 0.6) is 0 Å². The molecule has 2 N–H and O–H groups in total. The van der Waals surface area contributed by atoms with Crippen LogP contribution in [0.15, 0.2) is 58.8 Å². The molecule has 2 aromatic carbocycles. The Kier molecular flexibility index (Phi) is 5.49. The first kappa shape index (κ1) is 19.8. The fourth-order valence-corrected chi connectivity index (χ4v) is 5.50. The van der Waals surface area contributed by atoms with Gasteiger partial charge in [-0.15, -0.1) is 11.3 Å². The number of hydrogen-bond acceptors (Lipinski definition) is 5. The molecule has 8 heteroatoms. The minimum absolute atomic E-state index is 0.0727. The van der Waals surface area contributed by atoms with Crippen LogP contribution in [-0.4, -0.2) is 19.3 Å². The molecular weight excluding hydrogens is 406 g/mol. The fourth-order valence-electron chi connectivity index (χ4n) is 3.52. The molecule has 6 nitrogen and oxygen atoms in total. The van der Waals surface area contributed by atoms with Crippen molar-refractivity contribution in [2.45, 2.75) is 37.1 Å². The van der Waals surface area contributed by atoms with Gasteiger partial charge in [0.05, 0.1) is 10.6 Å². The molecule has 150 valence electrons. The summed E-state index contributed by atoms with van der Waals surface area (Å²) in [4.78, 5) is 16.8. The maximum Gasteiger partial charge on any atom is 0.257 e. The first-order valence-electron chi connectivity index (χ1n) is 9.36. The quantitative estimate of drug-likeness (QED) is 0.643. The second-order valence-corrected chi connectivity index (χ2v) is 9.61. The van der Waals surface area contributed by atoms with Gasteiger partial charge in [-0.2, -0.15) is 0 Å². The summed E-state index contributed by atoms with van der Waals surface area (Å²) >= 11 is 1.33. The Morgan fingerprint density at radius 3 is 2.79 bits per heavy atom. The molecule has 0 spiro atoms.